The van der Waals surface area contributed by atoms with Crippen molar-refractivity contribution in [2.75, 3.05) is 27.7 Å². The number of ether oxygens (including phenoxy) is 5. The topological polar surface area (TPSA) is 139 Å². The predicted molar refractivity (Wildman–Crippen MR) is 202 cm³/mol. The van der Waals surface area contributed by atoms with Gasteiger partial charge in [0.1, 0.15) is 6.10 Å². The van der Waals surface area contributed by atoms with Gasteiger partial charge in [0.2, 0.25) is 0 Å². The first-order valence-electron chi connectivity index (χ1n) is 19.6. The Bertz CT molecular complexity index is 798. The van der Waals surface area contributed by atoms with Gasteiger partial charge in [-0.25, -0.2) is 0 Å². The molecule has 0 amide bonds. The molecule has 0 aliphatic carbocycles. The molecule has 13 atom stereocenters. The Morgan fingerprint density at radius 2 is 1.52 bits per heavy atom. The van der Waals surface area contributed by atoms with Crippen LogP contribution in [-0.4, -0.2) is 109 Å². The van der Waals surface area contributed by atoms with Gasteiger partial charge in [-0.1, -0.05) is 68.2 Å². The first kappa shape index (κ1) is 51.2. The van der Waals surface area contributed by atoms with Crippen LogP contribution in [0.15, 0.2) is 0 Å². The fraction of sp³-hybridized carbons (Fsp3) is 0.974. The van der Waals surface area contributed by atoms with Gasteiger partial charge in [-0.05, 0) is 98.2 Å². The third-order valence-corrected chi connectivity index (χ3v) is 9.18. The normalized spacial score (nSPS) is 23.8. The molecule has 10 unspecified atom stereocenters. The number of carbonyl (C=O) groups excluding carboxylic acids is 1. The summed E-state index contributed by atoms with van der Waals surface area (Å²) < 4.78 is 27.9. The van der Waals surface area contributed by atoms with Gasteiger partial charge < -0.3 is 49.2 Å². The zero-order valence-corrected chi connectivity index (χ0v) is 34.8. The van der Waals surface area contributed by atoms with Gasteiger partial charge >= 0.3 is 5.97 Å². The molecule has 0 bridgehead atoms. The molecule has 0 spiro atoms. The van der Waals surface area contributed by atoms with Gasteiger partial charge in [0.15, 0.2) is 25.2 Å². The average Bonchev–Trinajstić information content (AvgIpc) is 3.06. The summed E-state index contributed by atoms with van der Waals surface area (Å²) in [5.41, 5.74) is 0. The Hall–Kier alpha value is -0.890. The Labute approximate surface area is 307 Å². The summed E-state index contributed by atoms with van der Waals surface area (Å²) in [5, 5.41) is 32.8. The third-order valence-electron chi connectivity index (χ3n) is 9.18. The molecule has 0 saturated carbocycles. The quantitative estimate of drug-likeness (QED) is 0.0662. The van der Waals surface area contributed by atoms with E-state index < -0.39 is 49.3 Å². The second kappa shape index (κ2) is 29.6. The number of aliphatic hydroxyl groups is 3. The maximum absolute atomic E-state index is 12.9. The van der Waals surface area contributed by atoms with Crippen LogP contribution in [0.1, 0.15) is 141 Å². The molecule has 0 aromatic carbocycles. The zero-order chi connectivity index (χ0) is 39.0. The number of carbonyl (C=O) groups is 1. The fourth-order valence-electron chi connectivity index (χ4n) is 6.37. The molecule has 11 heteroatoms. The minimum absolute atomic E-state index is 0.0427. The SMILES string of the molecule is CC.CC1CC(N(C)C)CC(O)O1.CCCC(OC(C(C)CC(C)C[C@@H](C)CN[C@H](C)CCC)C(C)C(=O)OC(O)CC)O[C@@H](C)C(O)OC. The number of methoxy groups -OCH3 is 1. The summed E-state index contributed by atoms with van der Waals surface area (Å²) >= 11 is 0. The van der Waals surface area contributed by atoms with E-state index >= 15 is 0 Å². The van der Waals surface area contributed by atoms with E-state index in [4.69, 9.17) is 23.7 Å². The fourth-order valence-corrected chi connectivity index (χ4v) is 6.37. The molecule has 0 radical (unpaired) electrons. The van der Waals surface area contributed by atoms with Crippen LogP contribution in [0.4, 0.5) is 0 Å². The first-order chi connectivity index (χ1) is 23.5. The molecule has 302 valence electrons. The van der Waals surface area contributed by atoms with E-state index in [0.717, 1.165) is 38.6 Å². The molecular formula is C39H82N2O9. The van der Waals surface area contributed by atoms with Crippen molar-refractivity contribution in [1.29, 1.82) is 0 Å². The number of aliphatic hydroxyl groups excluding tert-OH is 3. The molecule has 50 heavy (non-hydrogen) atoms. The van der Waals surface area contributed by atoms with Crippen molar-refractivity contribution < 1.29 is 43.8 Å². The van der Waals surface area contributed by atoms with Gasteiger partial charge in [-0.15, -0.1) is 0 Å². The molecule has 0 aromatic heterocycles. The van der Waals surface area contributed by atoms with Crippen molar-refractivity contribution in [3.8, 4) is 0 Å². The Balaban J connectivity index is 0. The van der Waals surface area contributed by atoms with Crippen molar-refractivity contribution in [3.63, 3.8) is 0 Å². The van der Waals surface area contributed by atoms with E-state index in [1.54, 1.807) is 20.8 Å². The minimum Gasteiger partial charge on any atom is -0.436 e. The van der Waals surface area contributed by atoms with Crippen LogP contribution in [-0.2, 0) is 28.5 Å². The van der Waals surface area contributed by atoms with Gasteiger partial charge in [0, 0.05) is 32.0 Å². The van der Waals surface area contributed by atoms with Crippen LogP contribution in [0.5, 0.6) is 0 Å². The smallest absolute Gasteiger partial charge is 0.313 e. The number of hydrogen-bond acceptors (Lipinski definition) is 11. The van der Waals surface area contributed by atoms with E-state index in [-0.39, 0.29) is 12.0 Å². The number of nitrogens with zero attached hydrogens (tertiary/aromatic N) is 1. The maximum Gasteiger partial charge on any atom is 0.313 e. The van der Waals surface area contributed by atoms with Crippen LogP contribution in [0.3, 0.4) is 0 Å². The van der Waals surface area contributed by atoms with E-state index in [2.05, 4.69) is 44.8 Å². The number of hydrogen-bond donors (Lipinski definition) is 4. The van der Waals surface area contributed by atoms with Crippen molar-refractivity contribution in [3.05, 3.63) is 0 Å². The van der Waals surface area contributed by atoms with Crippen LogP contribution in [0.2, 0.25) is 0 Å². The molecule has 1 heterocycles. The first-order valence-corrected chi connectivity index (χ1v) is 19.6. The molecule has 1 fully saturated rings. The average molecular weight is 723 g/mol. The summed E-state index contributed by atoms with van der Waals surface area (Å²) in [5.74, 6) is -0.0650. The van der Waals surface area contributed by atoms with Gasteiger partial charge in [-0.3, -0.25) is 4.79 Å². The summed E-state index contributed by atoms with van der Waals surface area (Å²) in [6.07, 6.45) is 3.55. The second-order valence-electron chi connectivity index (χ2n) is 14.6. The molecule has 1 saturated heterocycles. The molecule has 11 nitrogen and oxygen atoms in total. The lowest BCUT2D eigenvalue weighted by Gasteiger charge is -2.35. The molecule has 1 aliphatic rings. The summed E-state index contributed by atoms with van der Waals surface area (Å²) in [4.78, 5) is 15.0. The largest absolute Gasteiger partial charge is 0.436 e. The standard InChI is InChI=1S/C29H59NO7.C8H17NO2.C2H6/c1-11-14-22(7)30-18-20(5)16-19(4)17-21(6)27(23(8)28(32)36-25(31)13-3)37-26(15-12-2)35-24(9)29(33)34-10;1-6-4-7(9(2)3)5-8(10)11-6;1-2/h19-27,29-31,33H,11-18H2,1-10H3;6-8,10H,4-5H2,1-3H3;1-2H3/t19?,20-,21?,22-,23?,24+,25?,26?,27?,29?;;/m1../s1. The molecule has 0 aromatic rings. The Morgan fingerprint density at radius 1 is 0.920 bits per heavy atom. The van der Waals surface area contributed by atoms with E-state index in [0.29, 0.717) is 36.8 Å². The zero-order valence-electron chi connectivity index (χ0n) is 34.8. The van der Waals surface area contributed by atoms with Crippen molar-refractivity contribution in [2.24, 2.45) is 23.7 Å². The number of esters is 1. The van der Waals surface area contributed by atoms with Crippen molar-refractivity contribution >= 4 is 5.97 Å². The third kappa shape index (κ3) is 22.9. The van der Waals surface area contributed by atoms with Crippen LogP contribution in [0.25, 0.3) is 0 Å². The van der Waals surface area contributed by atoms with Gasteiger partial charge in [0.25, 0.3) is 0 Å². The Kier molecular flexibility index (Phi) is 30.3. The lowest BCUT2D eigenvalue weighted by molar-refractivity contribution is -0.255. The highest BCUT2D eigenvalue weighted by atomic mass is 16.7. The summed E-state index contributed by atoms with van der Waals surface area (Å²) in [6.45, 7) is 25.4. The maximum atomic E-state index is 12.9. The number of nitrogens with one attached hydrogen (secondary N) is 1. The molecule has 1 aliphatic heterocycles. The van der Waals surface area contributed by atoms with E-state index in [9.17, 15) is 20.1 Å². The summed E-state index contributed by atoms with van der Waals surface area (Å²) in [6, 6.07) is 0.994. The highest BCUT2D eigenvalue weighted by Crippen LogP contribution is 2.30. The Morgan fingerprint density at radius 3 is 2.02 bits per heavy atom. The molecular weight excluding hydrogens is 640 g/mol. The second-order valence-corrected chi connectivity index (χ2v) is 14.6. The highest BCUT2D eigenvalue weighted by molar-refractivity contribution is 5.72. The van der Waals surface area contributed by atoms with Gasteiger partial charge in [0.05, 0.1) is 18.1 Å². The lowest BCUT2D eigenvalue weighted by atomic mass is 9.83. The molecule has 4 N–H and O–H groups in total. The van der Waals surface area contributed by atoms with Crippen LogP contribution >= 0.6 is 0 Å². The predicted octanol–water partition coefficient (Wildman–Crippen LogP) is 6.70. The summed E-state index contributed by atoms with van der Waals surface area (Å²) in [7, 11) is 5.50. The van der Waals surface area contributed by atoms with Crippen molar-refractivity contribution in [1.82, 2.24) is 10.2 Å². The van der Waals surface area contributed by atoms with E-state index in [1.807, 2.05) is 41.8 Å². The van der Waals surface area contributed by atoms with Crippen molar-refractivity contribution in [2.45, 2.75) is 196 Å². The monoisotopic (exact) mass is 723 g/mol. The highest BCUT2D eigenvalue weighted by Gasteiger charge is 2.35. The van der Waals surface area contributed by atoms with Gasteiger partial charge in [-0.2, -0.15) is 0 Å². The lowest BCUT2D eigenvalue weighted by Crippen LogP contribution is -2.42. The number of rotatable bonds is 23. The van der Waals surface area contributed by atoms with Crippen LogP contribution in [0, 0.1) is 23.7 Å². The van der Waals surface area contributed by atoms with E-state index in [1.165, 1.54) is 20.0 Å². The van der Waals surface area contributed by atoms with Crippen LogP contribution < -0.4 is 5.32 Å². The molecule has 1 rings (SSSR count). The minimum atomic E-state index is -1.13.